The molecule has 3 heteroatoms. The van der Waals surface area contributed by atoms with Crippen LogP contribution in [0.3, 0.4) is 0 Å². The van der Waals surface area contributed by atoms with Gasteiger partial charge in [0, 0.05) is 5.56 Å². The van der Waals surface area contributed by atoms with Gasteiger partial charge in [-0.2, -0.15) is 5.10 Å². The van der Waals surface area contributed by atoms with E-state index in [9.17, 15) is 0 Å². The van der Waals surface area contributed by atoms with Crippen molar-refractivity contribution in [3.8, 4) is 5.88 Å². The van der Waals surface area contributed by atoms with Crippen LogP contribution in [0.4, 0.5) is 0 Å². The van der Waals surface area contributed by atoms with E-state index in [1.807, 2.05) is 6.20 Å². The van der Waals surface area contributed by atoms with Gasteiger partial charge in [-0.15, -0.1) is 0 Å². The zero-order valence-corrected chi connectivity index (χ0v) is 14.7. The van der Waals surface area contributed by atoms with E-state index in [4.69, 9.17) is 4.74 Å². The second-order valence-corrected chi connectivity index (χ2v) is 6.51. The summed E-state index contributed by atoms with van der Waals surface area (Å²) in [6, 6.07) is 0. The molecule has 21 heavy (non-hydrogen) atoms. The number of unbranched alkanes of at least 4 members (excludes halogenated alkanes) is 5. The van der Waals surface area contributed by atoms with Crippen LogP contribution < -0.4 is 4.74 Å². The summed E-state index contributed by atoms with van der Waals surface area (Å²) in [5.41, 5.74) is 1.22. The van der Waals surface area contributed by atoms with Gasteiger partial charge >= 0.3 is 0 Å². The summed E-state index contributed by atoms with van der Waals surface area (Å²) in [5.74, 6) is 0.933. The molecular weight excluding hydrogens is 260 g/mol. The first kappa shape index (κ1) is 18.1. The molecule has 0 amide bonds. The second kappa shape index (κ2) is 9.11. The van der Waals surface area contributed by atoms with Gasteiger partial charge in [0.05, 0.1) is 18.8 Å². The van der Waals surface area contributed by atoms with Gasteiger partial charge in [0.2, 0.25) is 5.88 Å². The summed E-state index contributed by atoms with van der Waals surface area (Å²) in [6.07, 6.45) is 13.4. The van der Waals surface area contributed by atoms with E-state index in [2.05, 4.69) is 37.5 Å². The van der Waals surface area contributed by atoms with Crippen molar-refractivity contribution in [1.82, 2.24) is 9.78 Å². The van der Waals surface area contributed by atoms with Crippen molar-refractivity contribution in [2.24, 2.45) is 0 Å². The van der Waals surface area contributed by atoms with Gasteiger partial charge in [-0.3, -0.25) is 0 Å². The molecule has 1 rings (SSSR count). The van der Waals surface area contributed by atoms with Crippen molar-refractivity contribution < 1.29 is 4.74 Å². The van der Waals surface area contributed by atoms with E-state index in [1.54, 1.807) is 7.11 Å². The number of rotatable bonds is 11. The highest BCUT2D eigenvalue weighted by Gasteiger charge is 2.29. The topological polar surface area (TPSA) is 27.1 Å². The second-order valence-electron chi connectivity index (χ2n) is 6.51. The van der Waals surface area contributed by atoms with Crippen molar-refractivity contribution in [2.75, 3.05) is 7.11 Å². The van der Waals surface area contributed by atoms with Crippen molar-refractivity contribution in [1.29, 1.82) is 0 Å². The SMILES string of the molecule is CCCCCCCC(C)(CCCC)n1ncc(C)c1OC. The Bertz CT molecular complexity index is 400. The quantitative estimate of drug-likeness (QED) is 0.506. The average Bonchev–Trinajstić information content (AvgIpc) is 2.86. The Kier molecular flexibility index (Phi) is 7.84. The number of aryl methyl sites for hydroxylation is 1. The van der Waals surface area contributed by atoms with Crippen molar-refractivity contribution in [2.45, 2.75) is 91.0 Å². The molecule has 3 nitrogen and oxygen atoms in total. The van der Waals surface area contributed by atoms with Crippen LogP contribution in [0, 0.1) is 6.92 Å². The first-order valence-corrected chi connectivity index (χ1v) is 8.68. The molecule has 0 N–H and O–H groups in total. The molecule has 1 atom stereocenters. The van der Waals surface area contributed by atoms with E-state index in [-0.39, 0.29) is 5.54 Å². The van der Waals surface area contributed by atoms with Gasteiger partial charge in [-0.1, -0.05) is 58.8 Å². The molecule has 0 bridgehead atoms. The Labute approximate surface area is 131 Å². The fourth-order valence-electron chi connectivity index (χ4n) is 3.05. The lowest BCUT2D eigenvalue weighted by Gasteiger charge is -2.31. The van der Waals surface area contributed by atoms with Crippen LogP contribution in [0.25, 0.3) is 0 Å². The van der Waals surface area contributed by atoms with Crippen LogP contribution >= 0.6 is 0 Å². The molecule has 0 saturated carbocycles. The molecular formula is C18H34N2O. The molecule has 0 spiro atoms. The van der Waals surface area contributed by atoms with Crippen molar-refractivity contribution in [3.05, 3.63) is 11.8 Å². The van der Waals surface area contributed by atoms with Crippen LogP contribution in [-0.4, -0.2) is 16.9 Å². The third-order valence-electron chi connectivity index (χ3n) is 4.49. The van der Waals surface area contributed by atoms with Gasteiger partial charge in [-0.25, -0.2) is 4.68 Å². The predicted octanol–water partition coefficient (Wildman–Crippen LogP) is 5.47. The predicted molar refractivity (Wildman–Crippen MR) is 90.1 cm³/mol. The number of hydrogen-bond donors (Lipinski definition) is 0. The summed E-state index contributed by atoms with van der Waals surface area (Å²) in [4.78, 5) is 0. The third-order valence-corrected chi connectivity index (χ3v) is 4.49. The van der Waals surface area contributed by atoms with Crippen LogP contribution in [0.15, 0.2) is 6.20 Å². The first-order chi connectivity index (χ1) is 10.1. The molecule has 122 valence electrons. The molecule has 0 saturated heterocycles. The number of nitrogens with zero attached hydrogens (tertiary/aromatic N) is 2. The van der Waals surface area contributed by atoms with E-state index < -0.39 is 0 Å². The Morgan fingerprint density at radius 1 is 1.05 bits per heavy atom. The number of ether oxygens (including phenoxy) is 1. The Morgan fingerprint density at radius 3 is 2.29 bits per heavy atom. The summed E-state index contributed by atoms with van der Waals surface area (Å²) >= 11 is 0. The maximum Gasteiger partial charge on any atom is 0.214 e. The largest absolute Gasteiger partial charge is 0.481 e. The summed E-state index contributed by atoms with van der Waals surface area (Å²) in [6.45, 7) is 8.94. The lowest BCUT2D eigenvalue weighted by molar-refractivity contribution is 0.200. The summed E-state index contributed by atoms with van der Waals surface area (Å²) in [7, 11) is 1.75. The molecule has 1 heterocycles. The Balaban J connectivity index is 2.76. The van der Waals surface area contributed by atoms with Gasteiger partial charge in [-0.05, 0) is 26.7 Å². The number of methoxy groups -OCH3 is 1. The fourth-order valence-corrected chi connectivity index (χ4v) is 3.05. The van der Waals surface area contributed by atoms with Crippen LogP contribution in [0.1, 0.15) is 84.1 Å². The standard InChI is InChI=1S/C18H34N2O/c1-6-8-10-11-12-14-18(4,13-9-7-2)20-17(21-5)16(3)15-19-20/h15H,6-14H2,1-5H3. The highest BCUT2D eigenvalue weighted by molar-refractivity contribution is 5.23. The molecule has 0 aliphatic rings. The highest BCUT2D eigenvalue weighted by Crippen LogP contribution is 2.34. The van der Waals surface area contributed by atoms with Crippen LogP contribution in [-0.2, 0) is 5.54 Å². The minimum absolute atomic E-state index is 0.0851. The maximum atomic E-state index is 5.59. The van der Waals surface area contributed by atoms with E-state index in [0.29, 0.717) is 0 Å². The summed E-state index contributed by atoms with van der Waals surface area (Å²) < 4.78 is 7.72. The first-order valence-electron chi connectivity index (χ1n) is 8.68. The minimum Gasteiger partial charge on any atom is -0.481 e. The highest BCUT2D eigenvalue weighted by atomic mass is 16.5. The molecule has 1 unspecified atom stereocenters. The van der Waals surface area contributed by atoms with E-state index >= 15 is 0 Å². The third kappa shape index (κ3) is 5.05. The van der Waals surface area contributed by atoms with E-state index in [1.165, 1.54) is 57.8 Å². The zero-order valence-electron chi connectivity index (χ0n) is 14.7. The van der Waals surface area contributed by atoms with Gasteiger partial charge in [0.1, 0.15) is 0 Å². The van der Waals surface area contributed by atoms with E-state index in [0.717, 1.165) is 11.4 Å². The molecule has 0 radical (unpaired) electrons. The van der Waals surface area contributed by atoms with Crippen LogP contribution in [0.5, 0.6) is 5.88 Å². The van der Waals surface area contributed by atoms with Gasteiger partial charge < -0.3 is 4.74 Å². The Hall–Kier alpha value is -0.990. The van der Waals surface area contributed by atoms with Gasteiger partial charge in [0.15, 0.2) is 0 Å². The molecule has 0 aromatic carbocycles. The minimum atomic E-state index is 0.0851. The smallest absolute Gasteiger partial charge is 0.214 e. The number of aromatic nitrogens is 2. The Morgan fingerprint density at radius 2 is 1.67 bits per heavy atom. The molecule has 1 aromatic heterocycles. The normalized spacial score (nSPS) is 14.1. The molecule has 1 aromatic rings. The number of hydrogen-bond acceptors (Lipinski definition) is 2. The monoisotopic (exact) mass is 294 g/mol. The summed E-state index contributed by atoms with van der Waals surface area (Å²) in [5, 5.41) is 4.62. The van der Waals surface area contributed by atoms with Gasteiger partial charge in [0.25, 0.3) is 0 Å². The maximum absolute atomic E-state index is 5.59. The lowest BCUT2D eigenvalue weighted by Crippen LogP contribution is -2.31. The fraction of sp³-hybridized carbons (Fsp3) is 0.833. The molecule has 0 aliphatic carbocycles. The molecule has 0 fully saturated rings. The lowest BCUT2D eigenvalue weighted by atomic mass is 9.88. The van der Waals surface area contributed by atoms with Crippen LogP contribution in [0.2, 0.25) is 0 Å². The van der Waals surface area contributed by atoms with Crippen molar-refractivity contribution in [3.63, 3.8) is 0 Å². The molecule has 0 aliphatic heterocycles. The zero-order chi connectivity index (χ0) is 15.7. The average molecular weight is 294 g/mol. The van der Waals surface area contributed by atoms with Crippen molar-refractivity contribution >= 4 is 0 Å².